The van der Waals surface area contributed by atoms with Crippen LogP contribution in [-0.2, 0) is 6.54 Å². The molecule has 4 aromatic rings. The number of non-ortho nitro benzene ring substituents is 1. The second-order valence-corrected chi connectivity index (χ2v) is 6.72. The number of aromatic nitrogens is 5. The van der Waals surface area contributed by atoms with Crippen LogP contribution in [0.2, 0.25) is 0 Å². The summed E-state index contributed by atoms with van der Waals surface area (Å²) >= 11 is 0. The maximum absolute atomic E-state index is 14.6. The number of benzene rings is 2. The Bertz CT molecular complexity index is 1170. The molecule has 2 aromatic carbocycles. The van der Waals surface area contributed by atoms with E-state index in [1.165, 1.54) is 43.1 Å². The van der Waals surface area contributed by atoms with Crippen molar-refractivity contribution in [3.63, 3.8) is 0 Å². The van der Waals surface area contributed by atoms with Gasteiger partial charge in [-0.2, -0.15) is 10.2 Å². The van der Waals surface area contributed by atoms with Gasteiger partial charge in [0.1, 0.15) is 24.3 Å². The van der Waals surface area contributed by atoms with Crippen LogP contribution >= 0.6 is 0 Å². The summed E-state index contributed by atoms with van der Waals surface area (Å²) < 4.78 is 31.3. The lowest BCUT2D eigenvalue weighted by Gasteiger charge is -2.26. The lowest BCUT2D eigenvalue weighted by molar-refractivity contribution is -0.384. The van der Waals surface area contributed by atoms with Crippen molar-refractivity contribution in [3.05, 3.63) is 82.6 Å². The molecule has 0 spiro atoms. The quantitative estimate of drug-likeness (QED) is 0.363. The molecule has 0 aliphatic rings. The second-order valence-electron chi connectivity index (χ2n) is 6.72. The molecule has 4 rings (SSSR count). The first-order valence-corrected chi connectivity index (χ1v) is 8.83. The van der Waals surface area contributed by atoms with Crippen molar-refractivity contribution < 1.29 is 13.7 Å². The molecule has 2 atom stereocenters. The van der Waals surface area contributed by atoms with Crippen LogP contribution < -0.4 is 0 Å². The van der Waals surface area contributed by atoms with Crippen LogP contribution in [0.15, 0.2) is 55.2 Å². The van der Waals surface area contributed by atoms with Crippen LogP contribution in [-0.4, -0.2) is 29.5 Å². The van der Waals surface area contributed by atoms with E-state index in [0.29, 0.717) is 16.5 Å². The summed E-state index contributed by atoms with van der Waals surface area (Å²) in [6.07, 6.45) is 4.43. The van der Waals surface area contributed by atoms with Gasteiger partial charge in [0, 0.05) is 29.5 Å². The molecular formula is C19H16F2N6O2. The molecule has 148 valence electrons. The number of halogens is 2. The zero-order chi connectivity index (χ0) is 20.5. The minimum atomic E-state index is -0.658. The standard InChI is InChI=1S/C19H16F2N6O2/c1-12(26-19-5-3-15(27(28)29)6-13(19)8-23-26)17(9-25-11-22-10-24-25)16-4-2-14(20)7-18(16)21/h2-8,10-12,17H,9H2,1H3/t12-,17-/m1/s1. The maximum atomic E-state index is 14.6. The Kier molecular flexibility index (Phi) is 4.75. The minimum Gasteiger partial charge on any atom is -0.261 e. The molecule has 2 heterocycles. The Morgan fingerprint density at radius 2 is 2.00 bits per heavy atom. The molecule has 0 bridgehead atoms. The van der Waals surface area contributed by atoms with E-state index in [-0.39, 0.29) is 18.3 Å². The SMILES string of the molecule is C[C@H]([C@@H](Cn1cncn1)c1ccc(F)cc1F)n1ncc2cc([N+](=O)[O-])ccc21. The number of hydrogen-bond donors (Lipinski definition) is 0. The molecule has 0 N–H and O–H groups in total. The predicted octanol–water partition coefficient (Wildman–Crippen LogP) is 3.86. The van der Waals surface area contributed by atoms with Crippen molar-refractivity contribution in [1.82, 2.24) is 24.5 Å². The zero-order valence-corrected chi connectivity index (χ0v) is 15.3. The van der Waals surface area contributed by atoms with Crippen LogP contribution in [0.3, 0.4) is 0 Å². The molecule has 29 heavy (non-hydrogen) atoms. The van der Waals surface area contributed by atoms with E-state index >= 15 is 0 Å². The Balaban J connectivity index is 1.77. The lowest BCUT2D eigenvalue weighted by Crippen LogP contribution is -2.22. The third kappa shape index (κ3) is 3.56. The molecule has 0 aliphatic heterocycles. The average Bonchev–Trinajstić information content (AvgIpc) is 3.35. The Hall–Kier alpha value is -3.69. The summed E-state index contributed by atoms with van der Waals surface area (Å²) in [5, 5.41) is 20.1. The van der Waals surface area contributed by atoms with Crippen molar-refractivity contribution in [2.75, 3.05) is 0 Å². The van der Waals surface area contributed by atoms with Gasteiger partial charge in [-0.15, -0.1) is 0 Å². The number of nitro benzene ring substituents is 1. The van der Waals surface area contributed by atoms with E-state index in [4.69, 9.17) is 0 Å². The van der Waals surface area contributed by atoms with Gasteiger partial charge in [0.05, 0.1) is 29.2 Å². The zero-order valence-electron chi connectivity index (χ0n) is 15.3. The van der Waals surface area contributed by atoms with E-state index < -0.39 is 22.5 Å². The molecule has 0 saturated heterocycles. The summed E-state index contributed by atoms with van der Waals surface area (Å²) in [5.74, 6) is -1.76. The number of rotatable bonds is 6. The fourth-order valence-corrected chi connectivity index (χ4v) is 3.49. The Morgan fingerprint density at radius 3 is 2.69 bits per heavy atom. The largest absolute Gasteiger partial charge is 0.270 e. The minimum absolute atomic E-state index is 0.0338. The first-order valence-electron chi connectivity index (χ1n) is 8.83. The smallest absolute Gasteiger partial charge is 0.261 e. The maximum Gasteiger partial charge on any atom is 0.270 e. The highest BCUT2D eigenvalue weighted by atomic mass is 19.1. The number of nitrogens with zero attached hydrogens (tertiary/aromatic N) is 6. The normalized spacial score (nSPS) is 13.5. The van der Waals surface area contributed by atoms with Gasteiger partial charge in [-0.1, -0.05) is 6.07 Å². The van der Waals surface area contributed by atoms with Crippen LogP contribution in [0, 0.1) is 21.7 Å². The van der Waals surface area contributed by atoms with Crippen LogP contribution in [0.1, 0.15) is 24.4 Å². The van der Waals surface area contributed by atoms with Gasteiger partial charge in [0.2, 0.25) is 0 Å². The van der Waals surface area contributed by atoms with E-state index in [1.807, 2.05) is 6.92 Å². The molecule has 0 aliphatic carbocycles. The van der Waals surface area contributed by atoms with Gasteiger partial charge in [0.15, 0.2) is 0 Å². The summed E-state index contributed by atoms with van der Waals surface area (Å²) in [5.41, 5.74) is 0.961. The third-order valence-corrected chi connectivity index (χ3v) is 4.97. The molecule has 0 fully saturated rings. The number of hydrogen-bond acceptors (Lipinski definition) is 5. The van der Waals surface area contributed by atoms with Gasteiger partial charge >= 0.3 is 0 Å². The first kappa shape index (κ1) is 18.7. The fraction of sp³-hybridized carbons (Fsp3) is 0.211. The summed E-state index contributed by atoms with van der Waals surface area (Å²) in [4.78, 5) is 14.5. The summed E-state index contributed by atoms with van der Waals surface area (Å²) in [7, 11) is 0. The van der Waals surface area contributed by atoms with Crippen molar-refractivity contribution >= 4 is 16.6 Å². The molecule has 0 radical (unpaired) electrons. The van der Waals surface area contributed by atoms with Crippen molar-refractivity contribution in [2.24, 2.45) is 0 Å². The topological polar surface area (TPSA) is 91.7 Å². The fourth-order valence-electron chi connectivity index (χ4n) is 3.49. The molecule has 2 aromatic heterocycles. The monoisotopic (exact) mass is 398 g/mol. The van der Waals surface area contributed by atoms with Gasteiger partial charge in [0.25, 0.3) is 5.69 Å². The van der Waals surface area contributed by atoms with Crippen molar-refractivity contribution in [1.29, 1.82) is 0 Å². The summed E-state index contributed by atoms with van der Waals surface area (Å²) in [6, 6.07) is 7.57. The molecule has 0 saturated carbocycles. The van der Waals surface area contributed by atoms with Gasteiger partial charge in [-0.3, -0.25) is 19.5 Å². The molecule has 10 heteroatoms. The highest BCUT2D eigenvalue weighted by molar-refractivity contribution is 5.81. The third-order valence-electron chi connectivity index (χ3n) is 4.97. The van der Waals surface area contributed by atoms with E-state index in [0.717, 1.165) is 6.07 Å². The van der Waals surface area contributed by atoms with Gasteiger partial charge in [-0.25, -0.2) is 13.8 Å². The number of fused-ring (bicyclic) bond motifs is 1. The molecule has 0 amide bonds. The molecule has 0 unspecified atom stereocenters. The predicted molar refractivity (Wildman–Crippen MR) is 100 cm³/mol. The van der Waals surface area contributed by atoms with Crippen LogP contribution in [0.25, 0.3) is 10.9 Å². The van der Waals surface area contributed by atoms with Gasteiger partial charge in [-0.05, 0) is 24.6 Å². The van der Waals surface area contributed by atoms with E-state index in [1.54, 1.807) is 15.4 Å². The van der Waals surface area contributed by atoms with Crippen molar-refractivity contribution in [2.45, 2.75) is 25.4 Å². The summed E-state index contributed by atoms with van der Waals surface area (Å²) in [6.45, 7) is 2.15. The van der Waals surface area contributed by atoms with Gasteiger partial charge < -0.3 is 0 Å². The highest BCUT2D eigenvalue weighted by Crippen LogP contribution is 2.34. The highest BCUT2D eigenvalue weighted by Gasteiger charge is 2.27. The first-order chi connectivity index (χ1) is 13.9. The Labute approximate surface area is 163 Å². The van der Waals surface area contributed by atoms with Crippen molar-refractivity contribution in [3.8, 4) is 0 Å². The lowest BCUT2D eigenvalue weighted by atomic mass is 9.91. The van der Waals surface area contributed by atoms with Crippen LogP contribution in [0.5, 0.6) is 0 Å². The Morgan fingerprint density at radius 1 is 1.17 bits per heavy atom. The average molecular weight is 398 g/mol. The van der Waals surface area contributed by atoms with E-state index in [2.05, 4.69) is 15.2 Å². The molecular weight excluding hydrogens is 382 g/mol. The van der Waals surface area contributed by atoms with Crippen LogP contribution in [0.4, 0.5) is 14.5 Å². The number of nitro groups is 1. The molecule has 8 nitrogen and oxygen atoms in total. The second kappa shape index (κ2) is 7.38. The van der Waals surface area contributed by atoms with E-state index in [9.17, 15) is 18.9 Å².